The van der Waals surface area contributed by atoms with E-state index in [4.69, 9.17) is 9.47 Å². The Morgan fingerprint density at radius 1 is 0.941 bits per heavy atom. The molecule has 0 bridgehead atoms. The average Bonchev–Trinajstić information content (AvgIpc) is 3.13. The minimum atomic E-state index is -0.808. The predicted molar refractivity (Wildman–Crippen MR) is 134 cm³/mol. The van der Waals surface area contributed by atoms with E-state index in [0.717, 1.165) is 10.9 Å². The smallest absolute Gasteiger partial charge is 0.300 e. The molecule has 1 amide bonds. The number of Topliss-reactive ketones (excluding diaryl/α,β-unsaturated/α-hetero) is 1. The average molecular weight is 522 g/mol. The van der Waals surface area contributed by atoms with Crippen LogP contribution in [0.4, 0.5) is 5.69 Å². The highest BCUT2D eigenvalue weighted by Crippen LogP contribution is 2.42. The van der Waals surface area contributed by atoms with Crippen LogP contribution in [-0.4, -0.2) is 30.5 Å². The van der Waals surface area contributed by atoms with Crippen LogP contribution in [0.1, 0.15) is 30.5 Å². The first-order valence-corrected chi connectivity index (χ1v) is 11.7. The van der Waals surface area contributed by atoms with Crippen LogP contribution in [0.2, 0.25) is 0 Å². The molecule has 34 heavy (non-hydrogen) atoms. The van der Waals surface area contributed by atoms with E-state index >= 15 is 0 Å². The lowest BCUT2D eigenvalue weighted by molar-refractivity contribution is -0.132. The lowest BCUT2D eigenvalue weighted by Gasteiger charge is -2.25. The summed E-state index contributed by atoms with van der Waals surface area (Å²) in [7, 11) is 1.56. The summed E-state index contributed by atoms with van der Waals surface area (Å²) in [6, 6.07) is 20.2. The number of methoxy groups -OCH3 is 1. The monoisotopic (exact) mass is 521 g/mol. The van der Waals surface area contributed by atoms with Crippen LogP contribution < -0.4 is 14.4 Å². The van der Waals surface area contributed by atoms with Crippen molar-refractivity contribution in [2.75, 3.05) is 18.6 Å². The quantitative estimate of drug-likeness (QED) is 0.239. The molecule has 4 rings (SSSR count). The second-order valence-electron chi connectivity index (χ2n) is 7.79. The number of ketones is 1. The van der Waals surface area contributed by atoms with E-state index < -0.39 is 17.7 Å². The SMILES string of the molecule is CCCOc1ccc(C2/C(=C(\O)c3ccc(Br)cc3)C(=O)C(=O)N2c2ccc(OC)cc2)cc1. The predicted octanol–water partition coefficient (Wildman–Crippen LogP) is 5.87. The number of hydrogen-bond acceptors (Lipinski definition) is 5. The van der Waals surface area contributed by atoms with Gasteiger partial charge in [0.05, 0.1) is 25.3 Å². The number of aliphatic hydroxyl groups excluding tert-OH is 1. The number of anilines is 1. The van der Waals surface area contributed by atoms with E-state index in [1.807, 2.05) is 19.1 Å². The molecule has 1 unspecified atom stereocenters. The Balaban J connectivity index is 1.85. The minimum absolute atomic E-state index is 0.0327. The first-order valence-electron chi connectivity index (χ1n) is 10.9. The van der Waals surface area contributed by atoms with E-state index in [-0.39, 0.29) is 11.3 Å². The number of rotatable bonds is 7. The maximum Gasteiger partial charge on any atom is 0.300 e. The third-order valence-electron chi connectivity index (χ3n) is 5.58. The molecule has 0 spiro atoms. The van der Waals surface area contributed by atoms with Gasteiger partial charge in [0.2, 0.25) is 0 Å². The van der Waals surface area contributed by atoms with Gasteiger partial charge in [-0.15, -0.1) is 0 Å². The molecule has 6 nitrogen and oxygen atoms in total. The molecule has 1 aliphatic heterocycles. The van der Waals surface area contributed by atoms with Gasteiger partial charge < -0.3 is 14.6 Å². The molecule has 1 heterocycles. The molecule has 7 heteroatoms. The Hall–Kier alpha value is -3.58. The molecule has 1 N–H and O–H groups in total. The van der Waals surface area contributed by atoms with E-state index in [1.165, 1.54) is 4.90 Å². The zero-order valence-electron chi connectivity index (χ0n) is 18.8. The van der Waals surface area contributed by atoms with Gasteiger partial charge in [-0.3, -0.25) is 14.5 Å². The summed E-state index contributed by atoms with van der Waals surface area (Å²) in [6.45, 7) is 2.62. The molecule has 1 saturated heterocycles. The first kappa shape index (κ1) is 23.6. The summed E-state index contributed by atoms with van der Waals surface area (Å²) in [4.78, 5) is 27.8. The molecular formula is C27H24BrNO5. The number of nitrogens with zero attached hydrogens (tertiary/aromatic N) is 1. The lowest BCUT2D eigenvalue weighted by atomic mass is 9.95. The fourth-order valence-electron chi connectivity index (χ4n) is 3.89. The van der Waals surface area contributed by atoms with Crippen molar-refractivity contribution in [2.24, 2.45) is 0 Å². The van der Waals surface area contributed by atoms with Crippen molar-refractivity contribution in [3.05, 3.63) is 94.0 Å². The largest absolute Gasteiger partial charge is 0.507 e. The maximum atomic E-state index is 13.2. The van der Waals surface area contributed by atoms with E-state index in [2.05, 4.69) is 15.9 Å². The van der Waals surface area contributed by atoms with E-state index in [0.29, 0.717) is 34.9 Å². The second-order valence-corrected chi connectivity index (χ2v) is 8.71. The molecule has 1 aliphatic rings. The number of benzene rings is 3. The Kier molecular flexibility index (Phi) is 7.03. The van der Waals surface area contributed by atoms with E-state index in [1.54, 1.807) is 67.8 Å². The van der Waals surface area contributed by atoms with Crippen LogP contribution in [0.25, 0.3) is 5.76 Å². The summed E-state index contributed by atoms with van der Waals surface area (Å²) < 4.78 is 11.7. The Morgan fingerprint density at radius 2 is 1.56 bits per heavy atom. The van der Waals surface area contributed by atoms with Crippen molar-refractivity contribution in [1.29, 1.82) is 0 Å². The molecule has 0 saturated carbocycles. The van der Waals surface area contributed by atoms with Crippen LogP contribution in [-0.2, 0) is 9.59 Å². The van der Waals surface area contributed by atoms with Gasteiger partial charge in [0.1, 0.15) is 17.3 Å². The Bertz CT molecular complexity index is 1220. The van der Waals surface area contributed by atoms with Gasteiger partial charge in [0.15, 0.2) is 0 Å². The summed E-state index contributed by atoms with van der Waals surface area (Å²) >= 11 is 3.38. The number of ether oxygens (including phenoxy) is 2. The lowest BCUT2D eigenvalue weighted by Crippen LogP contribution is -2.29. The molecule has 3 aromatic rings. The van der Waals surface area contributed by atoms with Crippen LogP contribution >= 0.6 is 15.9 Å². The number of hydrogen-bond donors (Lipinski definition) is 1. The normalized spacial score (nSPS) is 17.1. The van der Waals surface area contributed by atoms with Crippen LogP contribution in [0.5, 0.6) is 11.5 Å². The van der Waals surface area contributed by atoms with Gasteiger partial charge in [0.25, 0.3) is 11.7 Å². The zero-order chi connectivity index (χ0) is 24.2. The third-order valence-corrected chi connectivity index (χ3v) is 6.11. The van der Waals surface area contributed by atoms with Crippen molar-refractivity contribution in [3.8, 4) is 11.5 Å². The van der Waals surface area contributed by atoms with E-state index in [9.17, 15) is 14.7 Å². The second kappa shape index (κ2) is 10.1. The van der Waals surface area contributed by atoms with Gasteiger partial charge in [-0.1, -0.05) is 47.1 Å². The van der Waals surface area contributed by atoms with Crippen LogP contribution in [0.3, 0.4) is 0 Å². The Morgan fingerprint density at radius 3 is 2.15 bits per heavy atom. The summed E-state index contributed by atoms with van der Waals surface area (Å²) in [5.41, 5.74) is 1.68. The molecule has 1 atom stereocenters. The van der Waals surface area contributed by atoms with Crippen LogP contribution in [0.15, 0.2) is 82.8 Å². The van der Waals surface area contributed by atoms with Crippen molar-refractivity contribution < 1.29 is 24.2 Å². The van der Waals surface area contributed by atoms with Crippen LogP contribution in [0, 0.1) is 0 Å². The molecule has 0 aromatic heterocycles. The highest BCUT2D eigenvalue weighted by molar-refractivity contribution is 9.10. The number of aliphatic hydroxyl groups is 1. The van der Waals surface area contributed by atoms with Gasteiger partial charge in [-0.05, 0) is 60.5 Å². The highest BCUT2D eigenvalue weighted by atomic mass is 79.9. The third kappa shape index (κ3) is 4.56. The van der Waals surface area contributed by atoms with Gasteiger partial charge in [-0.25, -0.2) is 0 Å². The topological polar surface area (TPSA) is 76.1 Å². The van der Waals surface area contributed by atoms with Crippen molar-refractivity contribution in [3.63, 3.8) is 0 Å². The molecule has 0 aliphatic carbocycles. The highest BCUT2D eigenvalue weighted by Gasteiger charge is 2.47. The number of carbonyl (C=O) groups excluding carboxylic acids is 2. The van der Waals surface area contributed by atoms with Crippen molar-refractivity contribution >= 4 is 39.1 Å². The minimum Gasteiger partial charge on any atom is -0.507 e. The van der Waals surface area contributed by atoms with Gasteiger partial charge in [-0.2, -0.15) is 0 Å². The molecular weight excluding hydrogens is 498 g/mol. The number of amides is 1. The standard InChI is InChI=1S/C27H24BrNO5/c1-3-16-34-22-12-6-17(7-13-22)24-23(25(30)18-4-8-19(28)9-5-18)26(31)27(32)29(24)20-10-14-21(33-2)15-11-20/h4-15,24,30H,3,16H2,1-2H3/b25-23+. The fraction of sp³-hybridized carbons (Fsp3) is 0.185. The summed E-state index contributed by atoms with van der Waals surface area (Å²) in [5, 5.41) is 11.2. The number of carbonyl (C=O) groups is 2. The molecule has 3 aromatic carbocycles. The van der Waals surface area contributed by atoms with Crippen molar-refractivity contribution in [1.82, 2.24) is 0 Å². The molecule has 1 fully saturated rings. The summed E-state index contributed by atoms with van der Waals surface area (Å²) in [6.07, 6.45) is 0.882. The fourth-order valence-corrected chi connectivity index (χ4v) is 4.15. The first-order chi connectivity index (χ1) is 16.4. The maximum absolute atomic E-state index is 13.2. The van der Waals surface area contributed by atoms with Crippen molar-refractivity contribution in [2.45, 2.75) is 19.4 Å². The van der Waals surface area contributed by atoms with Gasteiger partial charge in [0, 0.05) is 15.7 Å². The molecule has 174 valence electrons. The molecule has 0 radical (unpaired) electrons. The Labute approximate surface area is 206 Å². The number of halogens is 1. The summed E-state index contributed by atoms with van der Waals surface area (Å²) in [5.74, 6) is -0.352. The zero-order valence-corrected chi connectivity index (χ0v) is 20.4. The van der Waals surface area contributed by atoms with Gasteiger partial charge >= 0.3 is 0 Å².